The molecule has 1 saturated carbocycles. The first-order valence-corrected chi connectivity index (χ1v) is 10.3. The molecule has 3 amide bonds. The molecule has 6 nitrogen and oxygen atoms in total. The minimum atomic E-state index is -0.674. The van der Waals surface area contributed by atoms with Gasteiger partial charge in [0.2, 0.25) is 11.8 Å². The van der Waals surface area contributed by atoms with Gasteiger partial charge in [-0.25, -0.2) is 4.99 Å². The van der Waals surface area contributed by atoms with Crippen molar-refractivity contribution in [3.05, 3.63) is 35.9 Å². The molecule has 2 rings (SSSR count). The average molecular weight is 386 g/mol. The first kappa shape index (κ1) is 21.8. The number of primary amides is 1. The number of amides is 3. The van der Waals surface area contributed by atoms with Crippen LogP contribution in [0.2, 0.25) is 0 Å². The summed E-state index contributed by atoms with van der Waals surface area (Å²) in [6.07, 6.45) is 8.79. The van der Waals surface area contributed by atoms with Gasteiger partial charge in [-0.05, 0) is 30.7 Å². The third kappa shape index (κ3) is 8.46. The minimum Gasteiger partial charge on any atom is -0.369 e. The fourth-order valence-electron chi connectivity index (χ4n) is 3.63. The highest BCUT2D eigenvalue weighted by Gasteiger charge is 2.17. The van der Waals surface area contributed by atoms with Crippen molar-refractivity contribution in [3.8, 4) is 0 Å². The molecule has 6 heteroatoms. The van der Waals surface area contributed by atoms with Gasteiger partial charge in [0.25, 0.3) is 5.91 Å². The van der Waals surface area contributed by atoms with Crippen LogP contribution in [-0.2, 0) is 20.8 Å². The second-order valence-corrected chi connectivity index (χ2v) is 7.48. The largest absolute Gasteiger partial charge is 0.369 e. The Morgan fingerprint density at radius 2 is 1.79 bits per heavy atom. The summed E-state index contributed by atoms with van der Waals surface area (Å²) in [5, 5.41) is 2.72. The molecule has 1 aromatic carbocycles. The Bertz CT molecular complexity index is 680. The molecular formula is C22H31N3O3. The van der Waals surface area contributed by atoms with Crippen molar-refractivity contribution in [1.82, 2.24) is 5.32 Å². The van der Waals surface area contributed by atoms with Crippen LogP contribution < -0.4 is 11.1 Å². The van der Waals surface area contributed by atoms with Crippen molar-refractivity contribution in [3.63, 3.8) is 0 Å². The van der Waals surface area contributed by atoms with E-state index in [4.69, 9.17) is 5.73 Å². The highest BCUT2D eigenvalue weighted by molar-refractivity contribution is 6.43. The maximum atomic E-state index is 12.3. The molecule has 3 N–H and O–H groups in total. The van der Waals surface area contributed by atoms with E-state index in [1.54, 1.807) is 0 Å². The molecule has 1 fully saturated rings. The highest BCUT2D eigenvalue weighted by atomic mass is 16.2. The molecule has 0 atom stereocenters. The van der Waals surface area contributed by atoms with Crippen molar-refractivity contribution < 1.29 is 14.4 Å². The van der Waals surface area contributed by atoms with Gasteiger partial charge in [-0.1, -0.05) is 62.4 Å². The topological polar surface area (TPSA) is 102 Å². The standard InChI is InChI=1S/C22H31N3O3/c23-20(26)16-19(22(28)24-15-14-18-10-5-2-6-11-18)25-21(27)13-7-12-17-8-3-1-4-9-17/h2,5-6,10-11,17H,1,3-4,7-9,12-16H2,(H2,23,26)(H,24,28). The van der Waals surface area contributed by atoms with Crippen LogP contribution in [0.25, 0.3) is 0 Å². The van der Waals surface area contributed by atoms with E-state index in [1.807, 2.05) is 30.3 Å². The SMILES string of the molecule is NC(=O)CC(=NC(=O)CCCC1CCCCC1)C(=O)NCCc1ccccc1. The average Bonchev–Trinajstić information content (AvgIpc) is 2.68. The van der Waals surface area contributed by atoms with E-state index in [1.165, 1.54) is 32.1 Å². The zero-order valence-corrected chi connectivity index (χ0v) is 16.5. The minimum absolute atomic E-state index is 0.0942. The van der Waals surface area contributed by atoms with E-state index in [0.29, 0.717) is 25.3 Å². The van der Waals surface area contributed by atoms with Crippen LogP contribution in [-0.4, -0.2) is 30.0 Å². The molecule has 0 radical (unpaired) electrons. The van der Waals surface area contributed by atoms with Crippen LogP contribution in [0.1, 0.15) is 63.4 Å². The van der Waals surface area contributed by atoms with Gasteiger partial charge >= 0.3 is 0 Å². The lowest BCUT2D eigenvalue weighted by molar-refractivity contribution is -0.120. The smallest absolute Gasteiger partial charge is 0.266 e. The van der Waals surface area contributed by atoms with Gasteiger partial charge in [-0.2, -0.15) is 0 Å². The summed E-state index contributed by atoms with van der Waals surface area (Å²) >= 11 is 0. The first-order chi connectivity index (χ1) is 13.5. The number of benzene rings is 1. The Balaban J connectivity index is 1.80. The predicted octanol–water partition coefficient (Wildman–Crippen LogP) is 2.94. The van der Waals surface area contributed by atoms with E-state index >= 15 is 0 Å². The molecule has 0 saturated heterocycles. The molecule has 0 spiro atoms. The number of rotatable bonds is 10. The number of hydrogen-bond acceptors (Lipinski definition) is 3. The van der Waals surface area contributed by atoms with Crippen molar-refractivity contribution >= 4 is 23.4 Å². The molecule has 0 heterocycles. The molecular weight excluding hydrogens is 354 g/mol. The Kier molecular flexibility index (Phi) is 9.39. The quantitative estimate of drug-likeness (QED) is 0.605. The Morgan fingerprint density at radius 1 is 1.07 bits per heavy atom. The summed E-state index contributed by atoms with van der Waals surface area (Å²) in [4.78, 5) is 39.6. The zero-order valence-electron chi connectivity index (χ0n) is 16.5. The number of carbonyl (C=O) groups is 3. The van der Waals surface area contributed by atoms with Gasteiger partial charge in [-0.15, -0.1) is 0 Å². The first-order valence-electron chi connectivity index (χ1n) is 10.3. The second kappa shape index (κ2) is 12.1. The Morgan fingerprint density at radius 3 is 2.46 bits per heavy atom. The molecule has 1 aliphatic rings. The lowest BCUT2D eigenvalue weighted by Gasteiger charge is -2.20. The second-order valence-electron chi connectivity index (χ2n) is 7.48. The summed E-state index contributed by atoms with van der Waals surface area (Å²) in [5.74, 6) is -0.829. The maximum absolute atomic E-state index is 12.3. The van der Waals surface area contributed by atoms with Crippen molar-refractivity contribution in [2.24, 2.45) is 16.6 Å². The van der Waals surface area contributed by atoms with Crippen LogP contribution in [0.15, 0.2) is 35.3 Å². The van der Waals surface area contributed by atoms with Crippen LogP contribution in [0.5, 0.6) is 0 Å². The van der Waals surface area contributed by atoms with Crippen LogP contribution in [0, 0.1) is 5.92 Å². The van der Waals surface area contributed by atoms with Crippen LogP contribution >= 0.6 is 0 Å². The monoisotopic (exact) mass is 385 g/mol. The molecule has 0 aromatic heterocycles. The summed E-state index contributed by atoms with van der Waals surface area (Å²) in [5.41, 5.74) is 6.21. The third-order valence-electron chi connectivity index (χ3n) is 5.13. The molecule has 0 bridgehead atoms. The summed E-state index contributed by atoms with van der Waals surface area (Å²) in [7, 11) is 0. The number of carbonyl (C=O) groups excluding carboxylic acids is 3. The lowest BCUT2D eigenvalue weighted by atomic mass is 9.86. The third-order valence-corrected chi connectivity index (χ3v) is 5.13. The predicted molar refractivity (Wildman–Crippen MR) is 110 cm³/mol. The molecule has 0 unspecified atom stereocenters. The zero-order chi connectivity index (χ0) is 20.2. The van der Waals surface area contributed by atoms with Crippen LogP contribution in [0.3, 0.4) is 0 Å². The highest BCUT2D eigenvalue weighted by Crippen LogP contribution is 2.27. The van der Waals surface area contributed by atoms with Gasteiger partial charge in [0, 0.05) is 13.0 Å². The van der Waals surface area contributed by atoms with E-state index in [9.17, 15) is 14.4 Å². The Labute approximate surface area is 167 Å². The van der Waals surface area contributed by atoms with Crippen molar-refractivity contribution in [2.45, 2.75) is 64.2 Å². The number of nitrogens with zero attached hydrogens (tertiary/aromatic N) is 1. The summed E-state index contributed by atoms with van der Waals surface area (Å²) < 4.78 is 0. The van der Waals surface area contributed by atoms with E-state index in [0.717, 1.165) is 18.4 Å². The fourth-order valence-corrected chi connectivity index (χ4v) is 3.63. The normalized spacial score (nSPS) is 15.2. The van der Waals surface area contributed by atoms with Gasteiger partial charge in [0.15, 0.2) is 0 Å². The molecule has 1 aliphatic carbocycles. The molecule has 1 aromatic rings. The number of hydrogen-bond donors (Lipinski definition) is 2. The van der Waals surface area contributed by atoms with Gasteiger partial charge in [0.1, 0.15) is 5.71 Å². The summed E-state index contributed by atoms with van der Waals surface area (Å²) in [6, 6.07) is 9.74. The van der Waals surface area contributed by atoms with E-state index < -0.39 is 11.8 Å². The number of nitrogens with one attached hydrogen (secondary N) is 1. The van der Waals surface area contributed by atoms with Gasteiger partial charge in [-0.3, -0.25) is 14.4 Å². The van der Waals surface area contributed by atoms with Crippen LogP contribution in [0.4, 0.5) is 0 Å². The van der Waals surface area contributed by atoms with E-state index in [-0.39, 0.29) is 18.0 Å². The molecule has 0 aliphatic heterocycles. The van der Waals surface area contributed by atoms with Gasteiger partial charge < -0.3 is 11.1 Å². The van der Waals surface area contributed by atoms with E-state index in [2.05, 4.69) is 10.3 Å². The molecule has 152 valence electrons. The fraction of sp³-hybridized carbons (Fsp3) is 0.545. The number of nitrogens with two attached hydrogens (primary N) is 1. The van der Waals surface area contributed by atoms with Crippen molar-refractivity contribution in [2.75, 3.05) is 6.54 Å². The van der Waals surface area contributed by atoms with Gasteiger partial charge in [0.05, 0.1) is 6.42 Å². The summed E-state index contributed by atoms with van der Waals surface area (Å²) in [6.45, 7) is 0.399. The molecule has 28 heavy (non-hydrogen) atoms. The maximum Gasteiger partial charge on any atom is 0.266 e. The lowest BCUT2D eigenvalue weighted by Crippen LogP contribution is -2.35. The van der Waals surface area contributed by atoms with Crippen molar-refractivity contribution in [1.29, 1.82) is 0 Å². The Hall–Kier alpha value is -2.50. The number of aliphatic imine (C=N–C) groups is 1.